The maximum atomic E-state index is 12.9. The lowest BCUT2D eigenvalue weighted by molar-refractivity contribution is 0.415. The first kappa shape index (κ1) is 18.1. The SMILES string of the molecule is COc1ccc(-c2c3oc4c(O)c(=O)ccc4c3[nH]c3c2c(=O)[nH]n3C(C)C)cc1. The molecule has 0 aliphatic rings. The number of aromatic amines is 2. The molecule has 0 saturated heterocycles. The molecular weight excluding hydrogens is 386 g/mol. The summed E-state index contributed by atoms with van der Waals surface area (Å²) in [6, 6.07) is 10.2. The van der Waals surface area contributed by atoms with E-state index in [2.05, 4.69) is 10.1 Å². The third-order valence-corrected chi connectivity index (χ3v) is 5.34. The largest absolute Gasteiger partial charge is 0.502 e. The summed E-state index contributed by atoms with van der Waals surface area (Å²) in [6.07, 6.45) is 0. The highest BCUT2D eigenvalue weighted by Gasteiger charge is 2.23. The van der Waals surface area contributed by atoms with Gasteiger partial charge in [-0.3, -0.25) is 19.4 Å². The average Bonchev–Trinajstić information content (AvgIpc) is 3.28. The van der Waals surface area contributed by atoms with Crippen molar-refractivity contribution >= 4 is 33.1 Å². The smallest absolute Gasteiger partial charge is 0.274 e. The number of aromatic hydroxyl groups is 1. The molecule has 0 radical (unpaired) electrons. The first-order chi connectivity index (χ1) is 14.4. The first-order valence-corrected chi connectivity index (χ1v) is 9.49. The van der Waals surface area contributed by atoms with E-state index in [1.807, 2.05) is 26.0 Å². The minimum Gasteiger partial charge on any atom is -0.502 e. The fourth-order valence-corrected chi connectivity index (χ4v) is 3.89. The third kappa shape index (κ3) is 2.40. The Balaban J connectivity index is 2.03. The van der Waals surface area contributed by atoms with Crippen molar-refractivity contribution in [3.63, 3.8) is 0 Å². The van der Waals surface area contributed by atoms with Crippen LogP contribution in [0, 0.1) is 0 Å². The van der Waals surface area contributed by atoms with Gasteiger partial charge in [0.25, 0.3) is 5.56 Å². The predicted octanol–water partition coefficient (Wildman–Crippen LogP) is 3.88. The zero-order chi connectivity index (χ0) is 21.2. The van der Waals surface area contributed by atoms with Crippen LogP contribution in [0.4, 0.5) is 0 Å². The Morgan fingerprint density at radius 1 is 1.07 bits per heavy atom. The number of benzene rings is 2. The van der Waals surface area contributed by atoms with E-state index in [1.54, 1.807) is 30.0 Å². The number of nitrogens with zero attached hydrogens (tertiary/aromatic N) is 1. The Morgan fingerprint density at radius 3 is 2.47 bits per heavy atom. The minimum absolute atomic E-state index is 0.00701. The Hall–Kier alpha value is -3.94. The number of nitrogens with one attached hydrogen (secondary N) is 2. The van der Waals surface area contributed by atoms with E-state index in [0.29, 0.717) is 38.8 Å². The zero-order valence-corrected chi connectivity index (χ0v) is 16.6. The van der Waals surface area contributed by atoms with Crippen LogP contribution in [0.1, 0.15) is 19.9 Å². The summed E-state index contributed by atoms with van der Waals surface area (Å²) in [7, 11) is 1.58. The molecule has 3 aromatic heterocycles. The highest BCUT2D eigenvalue weighted by molar-refractivity contribution is 6.15. The maximum absolute atomic E-state index is 12.9. The Bertz CT molecular complexity index is 1550. The predicted molar refractivity (Wildman–Crippen MR) is 114 cm³/mol. The number of aromatic nitrogens is 3. The molecule has 3 heterocycles. The maximum Gasteiger partial charge on any atom is 0.274 e. The van der Waals surface area contributed by atoms with Crippen molar-refractivity contribution in [3.05, 3.63) is 57.0 Å². The summed E-state index contributed by atoms with van der Waals surface area (Å²) < 4.78 is 13.0. The molecule has 0 spiro atoms. The number of phenolic OH excluding ortho intramolecular Hbond substituents is 1. The minimum atomic E-state index is -0.526. The molecule has 152 valence electrons. The highest BCUT2D eigenvalue weighted by atomic mass is 16.5. The van der Waals surface area contributed by atoms with Crippen LogP contribution < -0.4 is 15.7 Å². The van der Waals surface area contributed by atoms with Crippen molar-refractivity contribution in [2.45, 2.75) is 19.9 Å². The van der Waals surface area contributed by atoms with Gasteiger partial charge in [0, 0.05) is 17.0 Å². The van der Waals surface area contributed by atoms with Gasteiger partial charge in [-0.25, -0.2) is 0 Å². The average molecular weight is 405 g/mol. The third-order valence-electron chi connectivity index (χ3n) is 5.34. The zero-order valence-electron chi connectivity index (χ0n) is 16.6. The molecule has 5 rings (SSSR count). The monoisotopic (exact) mass is 405 g/mol. The standard InChI is InChI=1S/C22H19N3O5/c1-10(2)25-21-16(22(28)24-25)15(11-4-6-12(29-3)7-5-11)20-17(23-21)13-8-9-14(26)18(27)19(13)30-20/h4-10,23,27H,1-3H3,(H,24,28). The van der Waals surface area contributed by atoms with E-state index in [4.69, 9.17) is 9.15 Å². The summed E-state index contributed by atoms with van der Waals surface area (Å²) in [4.78, 5) is 28.1. The molecule has 0 amide bonds. The van der Waals surface area contributed by atoms with Gasteiger partial charge >= 0.3 is 0 Å². The van der Waals surface area contributed by atoms with Crippen LogP contribution in [0.15, 0.2) is 50.4 Å². The molecule has 0 fully saturated rings. The van der Waals surface area contributed by atoms with Gasteiger partial charge < -0.3 is 19.2 Å². The van der Waals surface area contributed by atoms with Gasteiger partial charge in [0.05, 0.1) is 18.0 Å². The van der Waals surface area contributed by atoms with Crippen LogP contribution in [0.25, 0.3) is 44.2 Å². The molecule has 0 saturated carbocycles. The lowest BCUT2D eigenvalue weighted by Gasteiger charge is -2.10. The highest BCUT2D eigenvalue weighted by Crippen LogP contribution is 2.40. The summed E-state index contributed by atoms with van der Waals surface area (Å²) in [5.74, 6) is 0.226. The van der Waals surface area contributed by atoms with Gasteiger partial charge in [-0.15, -0.1) is 0 Å². The molecule has 8 nitrogen and oxygen atoms in total. The van der Waals surface area contributed by atoms with E-state index in [0.717, 1.165) is 5.56 Å². The molecule has 0 atom stereocenters. The number of hydrogen-bond donors (Lipinski definition) is 3. The molecule has 0 unspecified atom stereocenters. The molecule has 3 N–H and O–H groups in total. The lowest BCUT2D eigenvalue weighted by atomic mass is 10.0. The van der Waals surface area contributed by atoms with Crippen LogP contribution in [0.5, 0.6) is 11.5 Å². The van der Waals surface area contributed by atoms with Gasteiger partial charge in [0.2, 0.25) is 11.2 Å². The van der Waals surface area contributed by atoms with Crippen molar-refractivity contribution in [3.8, 4) is 22.6 Å². The number of H-pyrrole nitrogens is 2. The van der Waals surface area contributed by atoms with E-state index in [9.17, 15) is 14.7 Å². The fourth-order valence-electron chi connectivity index (χ4n) is 3.89. The van der Waals surface area contributed by atoms with Gasteiger partial charge in [-0.2, -0.15) is 0 Å². The van der Waals surface area contributed by atoms with Crippen LogP contribution in [-0.2, 0) is 0 Å². The number of methoxy groups -OCH3 is 1. The molecule has 0 aliphatic heterocycles. The Labute approximate surface area is 169 Å². The number of furan rings is 1. The van der Waals surface area contributed by atoms with Gasteiger partial charge in [-0.1, -0.05) is 12.1 Å². The van der Waals surface area contributed by atoms with E-state index < -0.39 is 11.2 Å². The first-order valence-electron chi connectivity index (χ1n) is 9.49. The Morgan fingerprint density at radius 2 is 1.80 bits per heavy atom. The van der Waals surface area contributed by atoms with E-state index >= 15 is 0 Å². The second-order valence-corrected chi connectivity index (χ2v) is 7.45. The second-order valence-electron chi connectivity index (χ2n) is 7.45. The number of rotatable bonds is 3. The number of phenols is 1. The van der Waals surface area contributed by atoms with E-state index in [-0.39, 0.29) is 17.2 Å². The molecule has 8 heteroatoms. The number of fused-ring (bicyclic) bond motifs is 4. The summed E-state index contributed by atoms with van der Waals surface area (Å²) in [6.45, 7) is 3.92. The van der Waals surface area contributed by atoms with Crippen molar-refractivity contribution in [1.82, 2.24) is 14.8 Å². The molecule has 0 bridgehead atoms. The summed E-state index contributed by atoms with van der Waals surface area (Å²) in [5.41, 5.74) is 2.18. The lowest BCUT2D eigenvalue weighted by Crippen LogP contribution is -2.07. The van der Waals surface area contributed by atoms with E-state index in [1.165, 1.54) is 6.07 Å². The topological polar surface area (TPSA) is 113 Å². The van der Waals surface area contributed by atoms with Crippen LogP contribution in [-0.4, -0.2) is 27.0 Å². The van der Waals surface area contributed by atoms with Crippen molar-refractivity contribution in [2.75, 3.05) is 7.11 Å². The molecule has 30 heavy (non-hydrogen) atoms. The number of hydrogen-bond acceptors (Lipinski definition) is 5. The number of ether oxygens (including phenoxy) is 1. The van der Waals surface area contributed by atoms with Gasteiger partial charge in [0.1, 0.15) is 11.4 Å². The summed E-state index contributed by atoms with van der Waals surface area (Å²) >= 11 is 0. The number of pyridine rings is 1. The fraction of sp³-hybridized carbons (Fsp3) is 0.182. The quantitative estimate of drug-likeness (QED) is 0.422. The molecule has 2 aromatic carbocycles. The van der Waals surface area contributed by atoms with Crippen molar-refractivity contribution < 1.29 is 14.3 Å². The van der Waals surface area contributed by atoms with Crippen LogP contribution >= 0.6 is 0 Å². The van der Waals surface area contributed by atoms with Crippen molar-refractivity contribution in [1.29, 1.82) is 0 Å². The Kier molecular flexibility index (Phi) is 3.79. The van der Waals surface area contributed by atoms with Crippen molar-refractivity contribution in [2.24, 2.45) is 0 Å². The van der Waals surface area contributed by atoms with Gasteiger partial charge in [-0.05, 0) is 43.7 Å². The van der Waals surface area contributed by atoms with Crippen LogP contribution in [0.2, 0.25) is 0 Å². The molecule has 5 aromatic rings. The normalized spacial score (nSPS) is 11.9. The molecule has 0 aliphatic carbocycles. The molecular formula is C22H19N3O5. The second kappa shape index (κ2) is 6.28. The van der Waals surface area contributed by atoms with Crippen LogP contribution in [0.3, 0.4) is 0 Å². The summed E-state index contributed by atoms with van der Waals surface area (Å²) in [5, 5.41) is 14.1. The van der Waals surface area contributed by atoms with Gasteiger partial charge in [0.15, 0.2) is 11.2 Å².